The number of nitrogens with zero attached hydrogens (tertiary/aromatic N) is 2. The van der Waals surface area contributed by atoms with Crippen LogP contribution in [0.1, 0.15) is 25.0 Å². The fourth-order valence-electron chi connectivity index (χ4n) is 8.99. The highest BCUT2D eigenvalue weighted by Gasteiger charge is 2.36. The van der Waals surface area contributed by atoms with Crippen molar-refractivity contribution in [2.24, 2.45) is 0 Å². The predicted octanol–water partition coefficient (Wildman–Crippen LogP) is 14.1. The van der Waals surface area contributed by atoms with Crippen LogP contribution in [0, 0.1) is 0 Å². The lowest BCUT2D eigenvalue weighted by Crippen LogP contribution is -2.15. The number of fused-ring (bicyclic) bond motifs is 11. The van der Waals surface area contributed by atoms with Crippen molar-refractivity contribution in [2.75, 3.05) is 4.90 Å². The van der Waals surface area contributed by atoms with Crippen LogP contribution >= 0.6 is 11.3 Å². The minimum Gasteiger partial charge on any atom is -0.310 e. The molecule has 0 N–H and O–H groups in total. The monoisotopic (exact) mass is 682 g/mol. The summed E-state index contributed by atoms with van der Waals surface area (Å²) in [6.07, 6.45) is 0. The molecule has 11 rings (SSSR count). The maximum Gasteiger partial charge on any atom is 0.0547 e. The Kier molecular flexibility index (Phi) is 6.21. The number of anilines is 3. The van der Waals surface area contributed by atoms with E-state index in [9.17, 15) is 0 Å². The zero-order chi connectivity index (χ0) is 34.6. The molecule has 0 fully saturated rings. The molecule has 246 valence electrons. The van der Waals surface area contributed by atoms with E-state index in [-0.39, 0.29) is 5.41 Å². The Labute approximate surface area is 306 Å². The molecule has 0 spiro atoms. The lowest BCUT2D eigenvalue weighted by atomic mass is 9.80. The highest BCUT2D eigenvalue weighted by Crippen LogP contribution is 2.52. The number of hydrogen-bond donors (Lipinski definition) is 0. The molecule has 10 aromatic rings. The van der Waals surface area contributed by atoms with Crippen LogP contribution in [0.25, 0.3) is 69.6 Å². The maximum absolute atomic E-state index is 2.47. The molecule has 0 amide bonds. The van der Waals surface area contributed by atoms with E-state index in [1.54, 1.807) is 0 Å². The Morgan fingerprint density at radius 2 is 1.15 bits per heavy atom. The van der Waals surface area contributed by atoms with E-state index in [0.29, 0.717) is 0 Å². The number of aromatic nitrogens is 1. The third-order valence-corrected chi connectivity index (χ3v) is 12.4. The Bertz CT molecular complexity index is 3040. The van der Waals surface area contributed by atoms with E-state index >= 15 is 0 Å². The van der Waals surface area contributed by atoms with Gasteiger partial charge in [0.2, 0.25) is 0 Å². The van der Waals surface area contributed by atoms with Gasteiger partial charge in [0.15, 0.2) is 0 Å². The molecule has 0 saturated carbocycles. The standard InChI is InChI=1S/C49H34N2S/c1-49(2)43-19-11-9-17-36(43)39-24-21-31-27-41-42-28-34(23-26-44(42)51(33-15-7-4-8-16-33)45(41)30-40(31)48(39)49)50(32-13-5-3-6-14-32)35-22-25-38-37-18-10-12-20-46(37)52-47(38)29-35/h3-30H,1-2H3. The fourth-order valence-corrected chi connectivity index (χ4v) is 10.1. The van der Waals surface area contributed by atoms with E-state index in [1.807, 2.05) is 11.3 Å². The molecule has 2 heterocycles. The van der Waals surface area contributed by atoms with E-state index in [1.165, 1.54) is 80.7 Å². The van der Waals surface area contributed by atoms with Gasteiger partial charge in [0.25, 0.3) is 0 Å². The molecule has 0 radical (unpaired) electrons. The van der Waals surface area contributed by atoms with Crippen LogP contribution in [0.3, 0.4) is 0 Å². The zero-order valence-electron chi connectivity index (χ0n) is 29.0. The lowest BCUT2D eigenvalue weighted by molar-refractivity contribution is 0.666. The Morgan fingerprint density at radius 1 is 0.462 bits per heavy atom. The number of rotatable bonds is 4. The van der Waals surface area contributed by atoms with Crippen molar-refractivity contribution in [3.63, 3.8) is 0 Å². The van der Waals surface area contributed by atoms with Crippen molar-refractivity contribution in [1.29, 1.82) is 0 Å². The summed E-state index contributed by atoms with van der Waals surface area (Å²) in [4.78, 5) is 2.41. The third-order valence-electron chi connectivity index (χ3n) is 11.3. The van der Waals surface area contributed by atoms with Crippen molar-refractivity contribution in [1.82, 2.24) is 4.57 Å². The molecule has 0 bridgehead atoms. The van der Waals surface area contributed by atoms with Gasteiger partial charge in [0.05, 0.1) is 11.0 Å². The number of thiophene rings is 1. The first-order chi connectivity index (χ1) is 25.5. The number of para-hydroxylation sites is 2. The van der Waals surface area contributed by atoms with Gasteiger partial charge in [-0.1, -0.05) is 111 Å². The van der Waals surface area contributed by atoms with Gasteiger partial charge in [-0.25, -0.2) is 0 Å². The molecular weight excluding hydrogens is 649 g/mol. The smallest absolute Gasteiger partial charge is 0.0547 e. The van der Waals surface area contributed by atoms with Crippen LogP contribution < -0.4 is 4.90 Å². The first-order valence-corrected chi connectivity index (χ1v) is 18.8. The van der Waals surface area contributed by atoms with Crippen LogP contribution in [-0.4, -0.2) is 4.57 Å². The summed E-state index contributed by atoms with van der Waals surface area (Å²) in [6.45, 7) is 4.77. The summed E-state index contributed by atoms with van der Waals surface area (Å²) in [7, 11) is 0. The van der Waals surface area contributed by atoms with Crippen LogP contribution in [0.5, 0.6) is 0 Å². The normalized spacial score (nSPS) is 13.3. The van der Waals surface area contributed by atoms with Crippen molar-refractivity contribution < 1.29 is 0 Å². The molecule has 52 heavy (non-hydrogen) atoms. The Hall–Kier alpha value is -6.16. The third kappa shape index (κ3) is 4.17. The maximum atomic E-state index is 2.47. The summed E-state index contributed by atoms with van der Waals surface area (Å²) >= 11 is 1.86. The first-order valence-electron chi connectivity index (χ1n) is 18.0. The molecule has 2 nitrogen and oxygen atoms in total. The van der Waals surface area contributed by atoms with Crippen molar-refractivity contribution in [3.8, 4) is 16.8 Å². The van der Waals surface area contributed by atoms with Crippen LogP contribution in [0.15, 0.2) is 170 Å². The number of hydrogen-bond acceptors (Lipinski definition) is 2. The second-order valence-corrected chi connectivity index (χ2v) is 15.7. The second-order valence-electron chi connectivity index (χ2n) is 14.6. The quantitative estimate of drug-likeness (QED) is 0.179. The molecule has 1 aliphatic rings. The molecule has 0 aliphatic heterocycles. The Balaban J connectivity index is 1.18. The van der Waals surface area contributed by atoms with Crippen LogP contribution in [0.4, 0.5) is 17.1 Å². The van der Waals surface area contributed by atoms with E-state index in [0.717, 1.165) is 17.1 Å². The summed E-state index contributed by atoms with van der Waals surface area (Å²) < 4.78 is 5.07. The molecular formula is C49H34N2S. The van der Waals surface area contributed by atoms with Crippen LogP contribution in [-0.2, 0) is 5.41 Å². The molecule has 8 aromatic carbocycles. The average Bonchev–Trinajstić information content (AvgIpc) is 3.79. The van der Waals surface area contributed by atoms with Crippen molar-refractivity contribution >= 4 is 81.1 Å². The van der Waals surface area contributed by atoms with Gasteiger partial charge in [-0.2, -0.15) is 0 Å². The van der Waals surface area contributed by atoms with E-state index in [2.05, 4.69) is 193 Å². The minimum absolute atomic E-state index is 0.0957. The summed E-state index contributed by atoms with van der Waals surface area (Å²) in [5.74, 6) is 0. The Morgan fingerprint density at radius 3 is 2.02 bits per heavy atom. The summed E-state index contributed by atoms with van der Waals surface area (Å²) in [6, 6.07) is 62.8. The molecule has 1 aliphatic carbocycles. The molecule has 0 unspecified atom stereocenters. The molecule has 2 aromatic heterocycles. The highest BCUT2D eigenvalue weighted by molar-refractivity contribution is 7.25. The molecule has 0 atom stereocenters. The van der Waals surface area contributed by atoms with E-state index < -0.39 is 0 Å². The van der Waals surface area contributed by atoms with Gasteiger partial charge >= 0.3 is 0 Å². The highest BCUT2D eigenvalue weighted by atomic mass is 32.1. The van der Waals surface area contributed by atoms with Gasteiger partial charge in [0.1, 0.15) is 0 Å². The molecule has 0 saturated heterocycles. The first kappa shape index (κ1) is 29.6. The van der Waals surface area contributed by atoms with E-state index in [4.69, 9.17) is 0 Å². The zero-order valence-corrected chi connectivity index (χ0v) is 29.8. The largest absolute Gasteiger partial charge is 0.310 e. The van der Waals surface area contributed by atoms with Gasteiger partial charge in [-0.05, 0) is 106 Å². The van der Waals surface area contributed by atoms with Gasteiger partial charge in [0, 0.05) is 59.1 Å². The summed E-state index contributed by atoms with van der Waals surface area (Å²) in [5, 5.41) is 7.73. The topological polar surface area (TPSA) is 8.17 Å². The van der Waals surface area contributed by atoms with Gasteiger partial charge < -0.3 is 9.47 Å². The SMILES string of the molecule is CC1(C)c2ccccc2-c2ccc3cc4c5cc(N(c6ccccc6)c6ccc7c(c6)sc6ccccc67)ccc5n(-c5ccccc5)c4cc3c21. The van der Waals surface area contributed by atoms with Gasteiger partial charge in [-0.3, -0.25) is 0 Å². The second kappa shape index (κ2) is 10.9. The lowest BCUT2D eigenvalue weighted by Gasteiger charge is -2.25. The van der Waals surface area contributed by atoms with Crippen LogP contribution in [0.2, 0.25) is 0 Å². The molecule has 3 heteroatoms. The number of benzene rings is 8. The van der Waals surface area contributed by atoms with Crippen molar-refractivity contribution in [2.45, 2.75) is 19.3 Å². The van der Waals surface area contributed by atoms with Crippen molar-refractivity contribution in [3.05, 3.63) is 181 Å². The fraction of sp³-hybridized carbons (Fsp3) is 0.0612. The average molecular weight is 683 g/mol. The predicted molar refractivity (Wildman–Crippen MR) is 223 cm³/mol. The van der Waals surface area contributed by atoms with Gasteiger partial charge in [-0.15, -0.1) is 11.3 Å². The summed E-state index contributed by atoms with van der Waals surface area (Å²) in [5.41, 5.74) is 12.5. The minimum atomic E-state index is -0.0957.